The van der Waals surface area contributed by atoms with Crippen molar-refractivity contribution >= 4 is 32.5 Å². The summed E-state index contributed by atoms with van der Waals surface area (Å²) >= 11 is 3.39. The lowest BCUT2D eigenvalue weighted by Crippen LogP contribution is -2.36. The molecule has 4 aromatic rings. The van der Waals surface area contributed by atoms with Crippen LogP contribution in [0.2, 0.25) is 0 Å². The Morgan fingerprint density at radius 2 is 1.65 bits per heavy atom. The van der Waals surface area contributed by atoms with Crippen molar-refractivity contribution in [3.05, 3.63) is 95.7 Å². The molecule has 0 amide bonds. The predicted octanol–water partition coefficient (Wildman–Crippen LogP) is 2.64. The van der Waals surface area contributed by atoms with Gasteiger partial charge >= 0.3 is 5.69 Å². The number of nitrogens with zero attached hydrogens (tertiary/aromatic N) is 4. The van der Waals surface area contributed by atoms with Crippen molar-refractivity contribution < 1.29 is 15.1 Å². The fraction of sp³-hybridized carbons (Fsp3) is 0.217. The molecule has 11 heteroatoms. The number of aryl methyl sites for hydroxylation is 1. The lowest BCUT2D eigenvalue weighted by Gasteiger charge is -2.25. The Labute approximate surface area is 201 Å². The molecule has 0 aliphatic heterocycles. The fourth-order valence-electron chi connectivity index (χ4n) is 4.08. The molecule has 2 N–H and O–H groups in total. The van der Waals surface area contributed by atoms with Gasteiger partial charge in [0.1, 0.15) is 6.10 Å². The van der Waals surface area contributed by atoms with E-state index in [9.17, 15) is 29.9 Å². The first-order valence-corrected chi connectivity index (χ1v) is 11.0. The molecule has 0 spiro atoms. The minimum absolute atomic E-state index is 0.128. The van der Waals surface area contributed by atoms with Gasteiger partial charge in [-0.2, -0.15) is 0 Å². The second kappa shape index (κ2) is 9.01. The Morgan fingerprint density at radius 3 is 2.21 bits per heavy atom. The molecule has 4 rings (SSSR count). The molecule has 2 atom stereocenters. The second-order valence-corrected chi connectivity index (χ2v) is 8.82. The summed E-state index contributed by atoms with van der Waals surface area (Å²) in [6.45, 7) is -0.503. The lowest BCUT2D eigenvalue weighted by molar-refractivity contribution is -0.384. The van der Waals surface area contributed by atoms with Gasteiger partial charge in [0, 0.05) is 36.9 Å². The van der Waals surface area contributed by atoms with E-state index in [1.54, 1.807) is 42.1 Å². The van der Waals surface area contributed by atoms with E-state index in [4.69, 9.17) is 0 Å². The number of aromatic nitrogens is 3. The van der Waals surface area contributed by atoms with E-state index in [-0.39, 0.29) is 11.1 Å². The highest BCUT2D eigenvalue weighted by molar-refractivity contribution is 9.10. The number of hydrogen-bond acceptors (Lipinski definition) is 6. The van der Waals surface area contributed by atoms with Crippen LogP contribution in [0, 0.1) is 10.1 Å². The Hall–Kier alpha value is -3.54. The van der Waals surface area contributed by atoms with E-state index in [1.165, 1.54) is 35.9 Å². The molecule has 2 aromatic heterocycles. The van der Waals surface area contributed by atoms with Crippen LogP contribution < -0.4 is 11.2 Å². The van der Waals surface area contributed by atoms with Gasteiger partial charge in [0.05, 0.1) is 34.2 Å². The standard InChI is InChI=1S/C23H21BrN4O6/c1-25-17-11-27(18(12-29)21(30)14-5-9-16(10-6-14)28(33)34)20(13-3-7-15(24)8-4-13)19(17)22(31)26(2)23(25)32/h3-11,18,21,29-30H,12H2,1-2H3. The van der Waals surface area contributed by atoms with Crippen LogP contribution >= 0.6 is 15.9 Å². The number of hydrogen-bond donors (Lipinski definition) is 2. The van der Waals surface area contributed by atoms with E-state index in [0.29, 0.717) is 22.3 Å². The molecule has 0 aliphatic carbocycles. The van der Waals surface area contributed by atoms with Gasteiger partial charge in [-0.1, -0.05) is 28.1 Å². The maximum absolute atomic E-state index is 13.2. The lowest BCUT2D eigenvalue weighted by atomic mass is 10.0. The van der Waals surface area contributed by atoms with E-state index < -0.39 is 34.9 Å². The van der Waals surface area contributed by atoms with Crippen molar-refractivity contribution in [1.29, 1.82) is 0 Å². The van der Waals surface area contributed by atoms with Crippen LogP contribution in [-0.4, -0.2) is 35.4 Å². The molecular formula is C23H21BrN4O6. The minimum atomic E-state index is -1.26. The molecule has 0 saturated heterocycles. The first-order chi connectivity index (χ1) is 16.1. The normalized spacial score (nSPS) is 13.2. The van der Waals surface area contributed by atoms with Crippen LogP contribution in [0.1, 0.15) is 17.7 Å². The average molecular weight is 529 g/mol. The van der Waals surface area contributed by atoms with Crippen LogP contribution in [0.4, 0.5) is 5.69 Å². The third kappa shape index (κ3) is 3.87. The third-order valence-corrected chi connectivity index (χ3v) is 6.47. The number of nitro groups is 1. The molecule has 0 saturated carbocycles. The summed E-state index contributed by atoms with van der Waals surface area (Å²) < 4.78 is 4.75. The topological polar surface area (TPSA) is 133 Å². The number of non-ortho nitro benzene ring substituents is 1. The van der Waals surface area contributed by atoms with Gasteiger partial charge in [-0.3, -0.25) is 24.0 Å². The smallest absolute Gasteiger partial charge is 0.330 e. The summed E-state index contributed by atoms with van der Waals surface area (Å²) in [6, 6.07) is 11.6. The molecule has 10 nitrogen and oxygen atoms in total. The van der Waals surface area contributed by atoms with Crippen molar-refractivity contribution in [2.24, 2.45) is 14.1 Å². The zero-order valence-corrected chi connectivity index (χ0v) is 19.8. The van der Waals surface area contributed by atoms with Crippen molar-refractivity contribution in [1.82, 2.24) is 13.7 Å². The number of rotatable bonds is 6. The molecule has 2 unspecified atom stereocenters. The largest absolute Gasteiger partial charge is 0.394 e. The van der Waals surface area contributed by atoms with E-state index in [1.807, 2.05) is 0 Å². The summed E-state index contributed by atoms with van der Waals surface area (Å²) in [4.78, 5) is 36.1. The maximum Gasteiger partial charge on any atom is 0.330 e. The second-order valence-electron chi connectivity index (χ2n) is 7.90. The molecular weight excluding hydrogens is 508 g/mol. The summed E-state index contributed by atoms with van der Waals surface area (Å²) in [5, 5.41) is 32.7. The summed E-state index contributed by atoms with van der Waals surface area (Å²) in [6.07, 6.45) is 0.299. The van der Waals surface area contributed by atoms with E-state index in [2.05, 4.69) is 15.9 Å². The Bertz CT molecular complexity index is 1500. The van der Waals surface area contributed by atoms with Gasteiger partial charge < -0.3 is 14.8 Å². The third-order valence-electron chi connectivity index (χ3n) is 5.94. The van der Waals surface area contributed by atoms with Crippen LogP contribution in [-0.2, 0) is 14.1 Å². The Kier molecular flexibility index (Phi) is 6.26. The number of halogens is 1. The van der Waals surface area contributed by atoms with Crippen molar-refractivity contribution in [2.45, 2.75) is 12.1 Å². The van der Waals surface area contributed by atoms with Crippen LogP contribution in [0.5, 0.6) is 0 Å². The highest BCUT2D eigenvalue weighted by Crippen LogP contribution is 2.36. The van der Waals surface area contributed by atoms with Gasteiger partial charge in [-0.25, -0.2) is 4.79 Å². The van der Waals surface area contributed by atoms with Gasteiger partial charge in [-0.15, -0.1) is 0 Å². The molecule has 2 heterocycles. The van der Waals surface area contributed by atoms with Gasteiger partial charge in [-0.05, 0) is 35.4 Å². The zero-order chi connectivity index (χ0) is 24.7. The van der Waals surface area contributed by atoms with Crippen molar-refractivity contribution in [2.75, 3.05) is 6.61 Å². The van der Waals surface area contributed by atoms with Gasteiger partial charge in [0.25, 0.3) is 11.2 Å². The molecule has 0 radical (unpaired) electrons. The highest BCUT2D eigenvalue weighted by atomic mass is 79.9. The molecule has 0 fully saturated rings. The fourth-order valence-corrected chi connectivity index (χ4v) is 4.34. The zero-order valence-electron chi connectivity index (χ0n) is 18.3. The SMILES string of the molecule is Cn1c(=O)c2c(-c3ccc(Br)cc3)n(C(CO)C(O)c3ccc([N+](=O)[O-])cc3)cc2n(C)c1=O. The number of fused-ring (bicyclic) bond motifs is 1. The number of aliphatic hydroxyl groups is 2. The average Bonchev–Trinajstić information content (AvgIpc) is 3.22. The minimum Gasteiger partial charge on any atom is -0.394 e. The number of nitro benzene ring substituents is 1. The van der Waals surface area contributed by atoms with Gasteiger partial charge in [0.2, 0.25) is 0 Å². The molecule has 2 aromatic carbocycles. The Morgan fingerprint density at radius 1 is 1.03 bits per heavy atom. The van der Waals surface area contributed by atoms with Gasteiger partial charge in [0.15, 0.2) is 0 Å². The molecule has 34 heavy (non-hydrogen) atoms. The number of benzene rings is 2. The maximum atomic E-state index is 13.2. The molecule has 0 aliphatic rings. The Balaban J connectivity index is 1.98. The van der Waals surface area contributed by atoms with Crippen molar-refractivity contribution in [3.63, 3.8) is 0 Å². The van der Waals surface area contributed by atoms with E-state index in [0.717, 1.165) is 9.04 Å². The summed E-state index contributed by atoms with van der Waals surface area (Å²) in [5.74, 6) is 0. The highest BCUT2D eigenvalue weighted by Gasteiger charge is 2.28. The quantitative estimate of drug-likeness (QED) is 0.292. The summed E-state index contributed by atoms with van der Waals surface area (Å²) in [7, 11) is 2.93. The molecule has 0 bridgehead atoms. The monoisotopic (exact) mass is 528 g/mol. The van der Waals surface area contributed by atoms with E-state index >= 15 is 0 Å². The molecule has 176 valence electrons. The van der Waals surface area contributed by atoms with Crippen molar-refractivity contribution in [3.8, 4) is 11.3 Å². The van der Waals surface area contributed by atoms with Crippen LogP contribution in [0.25, 0.3) is 22.2 Å². The first-order valence-electron chi connectivity index (χ1n) is 10.3. The van der Waals surface area contributed by atoms with Crippen LogP contribution in [0.15, 0.2) is 68.8 Å². The number of aliphatic hydroxyl groups excluding tert-OH is 2. The summed E-state index contributed by atoms with van der Waals surface area (Å²) in [5.41, 5.74) is 0.635. The first kappa shape index (κ1) is 23.6. The van der Waals surface area contributed by atoms with Crippen LogP contribution in [0.3, 0.4) is 0 Å². The predicted molar refractivity (Wildman–Crippen MR) is 130 cm³/mol.